The summed E-state index contributed by atoms with van der Waals surface area (Å²) in [6.45, 7) is 4.40. The summed E-state index contributed by atoms with van der Waals surface area (Å²) in [5, 5.41) is 0. The summed E-state index contributed by atoms with van der Waals surface area (Å²) in [4.78, 5) is 2.24. The van der Waals surface area contributed by atoms with Crippen LogP contribution < -0.4 is 5.73 Å². The maximum Gasteiger partial charge on any atom is 0.118 e. The zero-order valence-electron chi connectivity index (χ0n) is 11.0. The van der Waals surface area contributed by atoms with E-state index in [9.17, 15) is 0 Å². The van der Waals surface area contributed by atoms with Gasteiger partial charge in [0.2, 0.25) is 0 Å². The largest absolute Gasteiger partial charge is 0.468 e. The van der Waals surface area contributed by atoms with E-state index in [1.54, 1.807) is 6.26 Å². The lowest BCUT2D eigenvalue weighted by Gasteiger charge is -2.16. The summed E-state index contributed by atoms with van der Waals surface area (Å²) >= 11 is 0. The third-order valence-corrected chi connectivity index (χ3v) is 3.07. The van der Waals surface area contributed by atoms with E-state index < -0.39 is 0 Å². The first-order valence-electron chi connectivity index (χ1n) is 6.18. The first kappa shape index (κ1) is 12.9. The van der Waals surface area contributed by atoms with E-state index >= 15 is 0 Å². The molecular formula is C15H20N2O. The van der Waals surface area contributed by atoms with Crippen molar-refractivity contribution in [1.29, 1.82) is 0 Å². The Bertz CT molecular complexity index is 505. The highest BCUT2D eigenvalue weighted by molar-refractivity contribution is 5.25. The van der Waals surface area contributed by atoms with Crippen molar-refractivity contribution in [2.45, 2.75) is 26.6 Å². The maximum absolute atomic E-state index is 5.56. The van der Waals surface area contributed by atoms with Crippen LogP contribution in [0, 0.1) is 6.92 Å². The molecule has 0 radical (unpaired) electrons. The van der Waals surface area contributed by atoms with Gasteiger partial charge in [-0.3, -0.25) is 4.90 Å². The minimum Gasteiger partial charge on any atom is -0.468 e. The Labute approximate surface area is 108 Å². The van der Waals surface area contributed by atoms with Gasteiger partial charge in [0.1, 0.15) is 5.76 Å². The molecule has 0 bridgehead atoms. The van der Waals surface area contributed by atoms with E-state index in [2.05, 4.69) is 43.1 Å². The van der Waals surface area contributed by atoms with Crippen LogP contribution in [-0.2, 0) is 19.6 Å². The lowest BCUT2D eigenvalue weighted by molar-refractivity contribution is 0.287. The smallest absolute Gasteiger partial charge is 0.118 e. The molecule has 3 heteroatoms. The predicted molar refractivity (Wildman–Crippen MR) is 72.9 cm³/mol. The molecule has 3 nitrogen and oxygen atoms in total. The Kier molecular flexibility index (Phi) is 4.18. The number of rotatable bonds is 5. The number of hydrogen-bond donors (Lipinski definition) is 1. The van der Waals surface area contributed by atoms with Gasteiger partial charge in [0.25, 0.3) is 0 Å². The monoisotopic (exact) mass is 244 g/mol. The van der Waals surface area contributed by atoms with Crippen molar-refractivity contribution < 1.29 is 4.42 Å². The van der Waals surface area contributed by atoms with Gasteiger partial charge in [0.15, 0.2) is 0 Å². The molecule has 0 fully saturated rings. The summed E-state index contributed by atoms with van der Waals surface area (Å²) in [6.07, 6.45) is 1.73. The van der Waals surface area contributed by atoms with E-state index in [0.29, 0.717) is 6.54 Å². The van der Waals surface area contributed by atoms with Gasteiger partial charge >= 0.3 is 0 Å². The first-order valence-corrected chi connectivity index (χ1v) is 6.18. The number of nitrogens with two attached hydrogens (primary N) is 1. The number of benzene rings is 1. The number of nitrogens with zero attached hydrogens (tertiary/aromatic N) is 1. The standard InChI is InChI=1S/C15H20N2O/c1-12-5-3-4-6-14(12)9-17(2)10-15-7-13(8-16)11-18-15/h3-7,11H,8-10,16H2,1-2H3. The number of aryl methyl sites for hydroxylation is 1. The van der Waals surface area contributed by atoms with Crippen LogP contribution in [0.25, 0.3) is 0 Å². The molecule has 0 saturated carbocycles. The minimum atomic E-state index is 0.533. The molecule has 1 aromatic carbocycles. The Morgan fingerprint density at radius 3 is 2.67 bits per heavy atom. The van der Waals surface area contributed by atoms with E-state index in [0.717, 1.165) is 24.4 Å². The van der Waals surface area contributed by atoms with Crippen LogP contribution in [0.1, 0.15) is 22.5 Å². The highest BCUT2D eigenvalue weighted by Crippen LogP contribution is 2.13. The van der Waals surface area contributed by atoms with Crippen LogP contribution >= 0.6 is 0 Å². The fourth-order valence-corrected chi connectivity index (χ4v) is 2.02. The molecule has 2 rings (SSSR count). The fourth-order valence-electron chi connectivity index (χ4n) is 2.02. The van der Waals surface area contributed by atoms with Crippen molar-refractivity contribution in [3.05, 3.63) is 59.0 Å². The van der Waals surface area contributed by atoms with E-state index in [-0.39, 0.29) is 0 Å². The SMILES string of the molecule is Cc1ccccc1CN(C)Cc1cc(CN)co1. The number of hydrogen-bond acceptors (Lipinski definition) is 3. The van der Waals surface area contributed by atoms with Crippen LogP contribution in [0.5, 0.6) is 0 Å². The van der Waals surface area contributed by atoms with Crippen LogP contribution in [0.15, 0.2) is 41.0 Å². The summed E-state index contributed by atoms with van der Waals surface area (Å²) in [7, 11) is 2.09. The van der Waals surface area contributed by atoms with E-state index in [1.807, 2.05) is 6.07 Å². The predicted octanol–water partition coefficient (Wildman–Crippen LogP) is 2.68. The maximum atomic E-state index is 5.56. The molecule has 0 aliphatic heterocycles. The van der Waals surface area contributed by atoms with Gasteiger partial charge < -0.3 is 10.2 Å². The van der Waals surface area contributed by atoms with Crippen LogP contribution in [0.3, 0.4) is 0 Å². The third-order valence-electron chi connectivity index (χ3n) is 3.07. The highest BCUT2D eigenvalue weighted by atomic mass is 16.3. The normalized spacial score (nSPS) is 11.1. The van der Waals surface area contributed by atoms with Crippen LogP contribution in [-0.4, -0.2) is 11.9 Å². The van der Waals surface area contributed by atoms with Gasteiger partial charge in [-0.2, -0.15) is 0 Å². The lowest BCUT2D eigenvalue weighted by Crippen LogP contribution is -2.17. The lowest BCUT2D eigenvalue weighted by atomic mass is 10.1. The molecule has 2 aromatic rings. The molecule has 1 aromatic heterocycles. The topological polar surface area (TPSA) is 42.4 Å². The van der Waals surface area contributed by atoms with Gasteiger partial charge in [-0.1, -0.05) is 24.3 Å². The molecule has 0 aliphatic rings. The van der Waals surface area contributed by atoms with Crippen molar-refractivity contribution in [2.75, 3.05) is 7.05 Å². The van der Waals surface area contributed by atoms with Crippen molar-refractivity contribution in [1.82, 2.24) is 4.90 Å². The van der Waals surface area contributed by atoms with Gasteiger partial charge in [0, 0.05) is 18.7 Å². The molecule has 0 unspecified atom stereocenters. The summed E-state index contributed by atoms with van der Waals surface area (Å²) in [5.41, 5.74) is 9.29. The molecule has 1 heterocycles. The van der Waals surface area contributed by atoms with Gasteiger partial charge in [-0.05, 0) is 31.2 Å². The zero-order valence-corrected chi connectivity index (χ0v) is 11.0. The number of furan rings is 1. The van der Waals surface area contributed by atoms with Crippen LogP contribution in [0.2, 0.25) is 0 Å². The second kappa shape index (κ2) is 5.85. The molecule has 0 saturated heterocycles. The van der Waals surface area contributed by atoms with Gasteiger partial charge in [0.05, 0.1) is 12.8 Å². The molecular weight excluding hydrogens is 224 g/mol. The molecule has 0 atom stereocenters. The zero-order chi connectivity index (χ0) is 13.0. The van der Waals surface area contributed by atoms with Crippen molar-refractivity contribution in [2.24, 2.45) is 5.73 Å². The highest BCUT2D eigenvalue weighted by Gasteiger charge is 2.06. The van der Waals surface area contributed by atoms with Gasteiger partial charge in [-0.25, -0.2) is 0 Å². The van der Waals surface area contributed by atoms with Crippen molar-refractivity contribution in [3.63, 3.8) is 0 Å². The fraction of sp³-hybridized carbons (Fsp3) is 0.333. The second-order valence-corrected chi connectivity index (χ2v) is 4.72. The Balaban J connectivity index is 1.96. The molecule has 96 valence electrons. The third kappa shape index (κ3) is 3.22. The summed E-state index contributed by atoms with van der Waals surface area (Å²) in [5.74, 6) is 0.964. The first-order chi connectivity index (χ1) is 8.69. The van der Waals surface area contributed by atoms with Crippen molar-refractivity contribution >= 4 is 0 Å². The van der Waals surface area contributed by atoms with Crippen LogP contribution in [0.4, 0.5) is 0 Å². The Morgan fingerprint density at radius 2 is 2.00 bits per heavy atom. The summed E-state index contributed by atoms with van der Waals surface area (Å²) in [6, 6.07) is 10.5. The average molecular weight is 244 g/mol. The second-order valence-electron chi connectivity index (χ2n) is 4.72. The van der Waals surface area contributed by atoms with Crippen molar-refractivity contribution in [3.8, 4) is 0 Å². The average Bonchev–Trinajstić information content (AvgIpc) is 2.80. The molecule has 2 N–H and O–H groups in total. The van der Waals surface area contributed by atoms with E-state index in [4.69, 9.17) is 10.2 Å². The Morgan fingerprint density at radius 1 is 1.22 bits per heavy atom. The Hall–Kier alpha value is -1.58. The van der Waals surface area contributed by atoms with Gasteiger partial charge in [-0.15, -0.1) is 0 Å². The molecule has 0 amide bonds. The summed E-state index contributed by atoms with van der Waals surface area (Å²) < 4.78 is 5.47. The molecule has 0 aliphatic carbocycles. The molecule has 18 heavy (non-hydrogen) atoms. The van der Waals surface area contributed by atoms with E-state index in [1.165, 1.54) is 11.1 Å². The minimum absolute atomic E-state index is 0.533. The quantitative estimate of drug-likeness (QED) is 0.879. The molecule has 0 spiro atoms.